The molecule has 2 aromatic rings. The minimum absolute atomic E-state index is 0.403. The van der Waals surface area contributed by atoms with E-state index >= 15 is 0 Å². The average Bonchev–Trinajstić information content (AvgIpc) is 2.65. The summed E-state index contributed by atoms with van der Waals surface area (Å²) in [6.07, 6.45) is 3.13. The molecule has 5 heteroatoms. The molecule has 5 nitrogen and oxygen atoms in total. The minimum Gasteiger partial charge on any atom is -0.361 e. The van der Waals surface area contributed by atoms with Crippen LogP contribution in [0.3, 0.4) is 0 Å². The van der Waals surface area contributed by atoms with Crippen molar-refractivity contribution in [3.63, 3.8) is 0 Å². The maximum Gasteiger partial charge on any atom is 0.143 e. The second-order valence-electron chi connectivity index (χ2n) is 2.89. The van der Waals surface area contributed by atoms with Gasteiger partial charge in [-0.25, -0.2) is 9.97 Å². The van der Waals surface area contributed by atoms with Crippen LogP contribution in [0.15, 0.2) is 23.1 Å². The predicted octanol–water partition coefficient (Wildman–Crippen LogP) is 0.899. The van der Waals surface area contributed by atoms with Gasteiger partial charge in [0.05, 0.1) is 23.1 Å². The zero-order valence-corrected chi connectivity index (χ0v) is 7.77. The fourth-order valence-electron chi connectivity index (χ4n) is 1.20. The lowest BCUT2D eigenvalue weighted by Crippen LogP contribution is -2.00. The Hall–Kier alpha value is -1.75. The second-order valence-corrected chi connectivity index (χ2v) is 2.89. The number of nitrogens with zero attached hydrogens (tertiary/aromatic N) is 3. The van der Waals surface area contributed by atoms with Gasteiger partial charge in [-0.3, -0.25) is 0 Å². The Bertz CT molecular complexity index is 438. The number of aryl methyl sites for hydroxylation is 1. The molecule has 2 heterocycles. The summed E-state index contributed by atoms with van der Waals surface area (Å²) in [4.78, 5) is 8.13. The van der Waals surface area contributed by atoms with Crippen LogP contribution in [-0.4, -0.2) is 15.1 Å². The third-order valence-electron chi connectivity index (χ3n) is 1.96. The fraction of sp³-hybridized carbons (Fsp3) is 0.222. The third-order valence-corrected chi connectivity index (χ3v) is 1.96. The number of hydrogen-bond acceptors (Lipinski definition) is 5. The molecule has 0 saturated heterocycles. The van der Waals surface area contributed by atoms with E-state index in [0.29, 0.717) is 6.54 Å². The first-order valence-electron chi connectivity index (χ1n) is 4.24. The quantitative estimate of drug-likeness (QED) is 0.761. The highest BCUT2D eigenvalue weighted by atomic mass is 16.5. The summed E-state index contributed by atoms with van der Waals surface area (Å²) >= 11 is 0. The van der Waals surface area contributed by atoms with E-state index in [1.165, 1.54) is 6.33 Å². The average molecular weight is 190 g/mol. The van der Waals surface area contributed by atoms with Gasteiger partial charge in [0.2, 0.25) is 0 Å². The highest BCUT2D eigenvalue weighted by Crippen LogP contribution is 2.20. The van der Waals surface area contributed by atoms with E-state index in [-0.39, 0.29) is 0 Å². The highest BCUT2D eigenvalue weighted by molar-refractivity contribution is 5.59. The summed E-state index contributed by atoms with van der Waals surface area (Å²) in [6, 6.07) is 1.83. The molecule has 0 bridgehead atoms. The molecule has 0 radical (unpaired) electrons. The van der Waals surface area contributed by atoms with Gasteiger partial charge in [0.25, 0.3) is 0 Å². The van der Waals surface area contributed by atoms with Gasteiger partial charge in [-0.1, -0.05) is 5.16 Å². The second kappa shape index (κ2) is 3.55. The molecule has 0 unspecified atom stereocenters. The molecular formula is C9H10N4O. The normalized spacial score (nSPS) is 10.4. The maximum absolute atomic E-state index is 5.48. The van der Waals surface area contributed by atoms with E-state index in [9.17, 15) is 0 Å². The zero-order chi connectivity index (χ0) is 9.97. The van der Waals surface area contributed by atoms with Crippen molar-refractivity contribution in [1.82, 2.24) is 15.1 Å². The summed E-state index contributed by atoms with van der Waals surface area (Å²) in [5.74, 6) is 0.742. The van der Waals surface area contributed by atoms with Gasteiger partial charge in [0.15, 0.2) is 0 Å². The van der Waals surface area contributed by atoms with Crippen LogP contribution in [0.25, 0.3) is 11.3 Å². The summed E-state index contributed by atoms with van der Waals surface area (Å²) in [5.41, 5.74) is 7.95. The Balaban J connectivity index is 2.47. The maximum atomic E-state index is 5.48. The molecule has 0 atom stereocenters. The molecule has 0 aliphatic heterocycles. The molecule has 0 fully saturated rings. The van der Waals surface area contributed by atoms with Crippen LogP contribution >= 0.6 is 0 Å². The van der Waals surface area contributed by atoms with E-state index < -0.39 is 0 Å². The number of hydrogen-bond donors (Lipinski definition) is 1. The lowest BCUT2D eigenvalue weighted by molar-refractivity contribution is 0.398. The van der Waals surface area contributed by atoms with Crippen molar-refractivity contribution in [1.29, 1.82) is 0 Å². The van der Waals surface area contributed by atoms with Gasteiger partial charge >= 0.3 is 0 Å². The Morgan fingerprint density at radius 3 is 2.93 bits per heavy atom. The van der Waals surface area contributed by atoms with E-state index in [2.05, 4.69) is 15.1 Å². The van der Waals surface area contributed by atoms with Gasteiger partial charge in [0.1, 0.15) is 12.1 Å². The Morgan fingerprint density at radius 1 is 1.43 bits per heavy atom. The number of rotatable bonds is 2. The SMILES string of the molecule is Cc1oncc1-c1cc(CN)ncn1. The van der Waals surface area contributed by atoms with Crippen molar-refractivity contribution in [2.75, 3.05) is 0 Å². The van der Waals surface area contributed by atoms with Crippen molar-refractivity contribution in [2.45, 2.75) is 13.5 Å². The largest absolute Gasteiger partial charge is 0.361 e. The topological polar surface area (TPSA) is 77.8 Å². The highest BCUT2D eigenvalue weighted by Gasteiger charge is 2.07. The molecule has 0 amide bonds. The van der Waals surface area contributed by atoms with Crippen molar-refractivity contribution in [2.24, 2.45) is 5.73 Å². The molecule has 2 aromatic heterocycles. The monoisotopic (exact) mass is 190 g/mol. The van der Waals surface area contributed by atoms with Crippen molar-refractivity contribution in [3.05, 3.63) is 30.0 Å². The van der Waals surface area contributed by atoms with Crippen LogP contribution in [0.1, 0.15) is 11.5 Å². The third kappa shape index (κ3) is 1.49. The van der Waals surface area contributed by atoms with Crippen LogP contribution in [-0.2, 0) is 6.54 Å². The standard InChI is InChI=1S/C9H10N4O/c1-6-8(4-13-14-6)9-2-7(3-10)11-5-12-9/h2,4-5H,3,10H2,1H3. The van der Waals surface area contributed by atoms with Crippen molar-refractivity contribution >= 4 is 0 Å². The zero-order valence-electron chi connectivity index (χ0n) is 7.77. The van der Waals surface area contributed by atoms with Crippen LogP contribution in [0.2, 0.25) is 0 Å². The summed E-state index contributed by atoms with van der Waals surface area (Å²) in [7, 11) is 0. The molecule has 0 saturated carbocycles. The van der Waals surface area contributed by atoms with Gasteiger partial charge in [0, 0.05) is 6.54 Å². The minimum atomic E-state index is 0.403. The van der Waals surface area contributed by atoms with Crippen LogP contribution < -0.4 is 5.73 Å². The van der Waals surface area contributed by atoms with Gasteiger partial charge in [-0.05, 0) is 13.0 Å². The summed E-state index contributed by atoms with van der Waals surface area (Å²) < 4.78 is 4.95. The molecule has 0 aliphatic carbocycles. The number of nitrogens with two attached hydrogens (primary N) is 1. The summed E-state index contributed by atoms with van der Waals surface area (Å²) in [5, 5.41) is 3.69. The first kappa shape index (κ1) is 8.83. The first-order valence-corrected chi connectivity index (χ1v) is 4.24. The first-order chi connectivity index (χ1) is 6.81. The van der Waals surface area contributed by atoms with Crippen molar-refractivity contribution in [3.8, 4) is 11.3 Å². The van der Waals surface area contributed by atoms with E-state index in [1.54, 1.807) is 6.20 Å². The smallest absolute Gasteiger partial charge is 0.143 e. The lowest BCUT2D eigenvalue weighted by atomic mass is 10.2. The molecule has 2 N–H and O–H groups in total. The summed E-state index contributed by atoms with van der Waals surface area (Å²) in [6.45, 7) is 2.24. The molecule has 0 aliphatic rings. The molecular weight excluding hydrogens is 180 g/mol. The molecule has 2 rings (SSSR count). The molecule has 14 heavy (non-hydrogen) atoms. The van der Waals surface area contributed by atoms with E-state index in [1.807, 2.05) is 13.0 Å². The van der Waals surface area contributed by atoms with Gasteiger partial charge in [-0.15, -0.1) is 0 Å². The van der Waals surface area contributed by atoms with E-state index in [0.717, 1.165) is 22.7 Å². The predicted molar refractivity (Wildman–Crippen MR) is 50.2 cm³/mol. The molecule has 0 spiro atoms. The molecule has 72 valence electrons. The van der Waals surface area contributed by atoms with Gasteiger partial charge < -0.3 is 10.3 Å². The number of aromatic nitrogens is 3. The molecule has 0 aromatic carbocycles. The Kier molecular flexibility index (Phi) is 2.24. The van der Waals surface area contributed by atoms with Crippen LogP contribution in [0.5, 0.6) is 0 Å². The van der Waals surface area contributed by atoms with Crippen LogP contribution in [0, 0.1) is 6.92 Å². The van der Waals surface area contributed by atoms with Crippen LogP contribution in [0.4, 0.5) is 0 Å². The van der Waals surface area contributed by atoms with Crippen molar-refractivity contribution < 1.29 is 4.52 Å². The Labute approximate surface area is 81.0 Å². The van der Waals surface area contributed by atoms with Gasteiger partial charge in [-0.2, -0.15) is 0 Å². The Morgan fingerprint density at radius 2 is 2.29 bits per heavy atom. The van der Waals surface area contributed by atoms with E-state index in [4.69, 9.17) is 10.3 Å². The fourth-order valence-corrected chi connectivity index (χ4v) is 1.20. The lowest BCUT2D eigenvalue weighted by Gasteiger charge is -1.99.